The first-order chi connectivity index (χ1) is 21.1. The molecule has 0 radical (unpaired) electrons. The molecule has 1 aliphatic heterocycles. The van der Waals surface area contributed by atoms with E-state index in [9.17, 15) is 27.9 Å². The van der Waals surface area contributed by atoms with Crippen LogP contribution in [0.1, 0.15) is 104 Å². The molecule has 12 heteroatoms. The van der Waals surface area contributed by atoms with Crippen LogP contribution in [-0.2, 0) is 16.6 Å². The summed E-state index contributed by atoms with van der Waals surface area (Å²) >= 11 is 1.56. The molecule has 6 rings (SSSR count). The Morgan fingerprint density at radius 2 is 1.78 bits per heavy atom. The van der Waals surface area contributed by atoms with Crippen LogP contribution >= 0.6 is 11.3 Å². The molecular weight excluding hydrogens is 605 g/mol. The number of rotatable bonds is 7. The predicted molar refractivity (Wildman–Crippen MR) is 167 cm³/mol. The highest BCUT2D eigenvalue weighted by Crippen LogP contribution is 2.52. The number of aromatic nitrogens is 2. The molecule has 45 heavy (non-hydrogen) atoms. The molecular formula is C33H41F3N4O4S. The molecule has 2 aromatic heterocycles. The third kappa shape index (κ3) is 8.01. The van der Waals surface area contributed by atoms with Gasteiger partial charge >= 0.3 is 12.1 Å². The third-order valence-corrected chi connectivity index (χ3v) is 10.3. The number of nitrogens with zero attached hydrogens (tertiary/aromatic N) is 3. The Morgan fingerprint density at radius 3 is 2.38 bits per heavy atom. The van der Waals surface area contributed by atoms with Crippen LogP contribution in [0.3, 0.4) is 0 Å². The Hall–Kier alpha value is -3.09. The van der Waals surface area contributed by atoms with Crippen LogP contribution < -0.4 is 5.32 Å². The maximum Gasteiger partial charge on any atom is 0.433 e. The number of carboxylic acid groups (broad SMARTS) is 1. The van der Waals surface area contributed by atoms with Crippen molar-refractivity contribution in [3.8, 4) is 0 Å². The average Bonchev–Trinajstić information content (AvgIpc) is 3.36. The predicted octanol–water partition coefficient (Wildman–Crippen LogP) is 7.43. The van der Waals surface area contributed by atoms with Crippen molar-refractivity contribution in [2.75, 3.05) is 25.5 Å². The summed E-state index contributed by atoms with van der Waals surface area (Å²) in [7, 11) is 2.15. The molecule has 3 fully saturated rings. The quantitative estimate of drug-likeness (QED) is 0.245. The van der Waals surface area contributed by atoms with Gasteiger partial charge in [0.25, 0.3) is 5.91 Å². The lowest BCUT2D eigenvalue weighted by Crippen LogP contribution is -2.60. The summed E-state index contributed by atoms with van der Waals surface area (Å²) in [6.45, 7) is 5.63. The number of aliphatic hydroxyl groups is 1. The summed E-state index contributed by atoms with van der Waals surface area (Å²) in [6, 6.07) is 6.66. The minimum absolute atomic E-state index is 0.327. The maximum absolute atomic E-state index is 13.0. The summed E-state index contributed by atoms with van der Waals surface area (Å²) in [5.41, 5.74) is -0.677. The lowest BCUT2D eigenvalue weighted by Gasteiger charge is -2.58. The second kappa shape index (κ2) is 13.0. The number of alkyl halides is 3. The third-order valence-electron chi connectivity index (χ3n) is 9.10. The average molecular weight is 647 g/mol. The number of nitrogens with one attached hydrogen (secondary N) is 1. The summed E-state index contributed by atoms with van der Waals surface area (Å²) in [5.74, 6) is -0.312. The van der Waals surface area contributed by atoms with Gasteiger partial charge in [0, 0.05) is 36.7 Å². The maximum atomic E-state index is 13.0. The molecule has 1 amide bonds. The number of hydrogen-bond acceptors (Lipinski definition) is 7. The van der Waals surface area contributed by atoms with E-state index in [0.717, 1.165) is 46.6 Å². The van der Waals surface area contributed by atoms with Crippen LogP contribution in [0.4, 0.5) is 18.9 Å². The van der Waals surface area contributed by atoms with Crippen LogP contribution in [0.15, 0.2) is 30.3 Å². The van der Waals surface area contributed by atoms with Gasteiger partial charge in [0.1, 0.15) is 11.4 Å². The zero-order valence-corrected chi connectivity index (χ0v) is 26.7. The van der Waals surface area contributed by atoms with Crippen molar-refractivity contribution in [2.45, 2.75) is 89.3 Å². The van der Waals surface area contributed by atoms with Crippen LogP contribution in [0.2, 0.25) is 0 Å². The van der Waals surface area contributed by atoms with E-state index in [-0.39, 0.29) is 5.69 Å². The summed E-state index contributed by atoms with van der Waals surface area (Å²) < 4.78 is 39.8. The Labute approximate surface area is 265 Å². The summed E-state index contributed by atoms with van der Waals surface area (Å²) in [5, 5.41) is 22.9. The van der Waals surface area contributed by atoms with Gasteiger partial charge in [-0.05, 0) is 88.6 Å². The van der Waals surface area contributed by atoms with E-state index in [0.29, 0.717) is 34.9 Å². The number of fused-ring (bicyclic) bond motifs is 1. The second-order valence-electron chi connectivity index (χ2n) is 13.6. The molecule has 3 N–H and O–H groups in total. The zero-order valence-electron chi connectivity index (χ0n) is 25.9. The number of benzene rings is 1. The smallest absolute Gasteiger partial charge is 0.433 e. The second-order valence-corrected chi connectivity index (χ2v) is 14.6. The van der Waals surface area contributed by atoms with Gasteiger partial charge in [-0.2, -0.15) is 13.2 Å². The largest absolute Gasteiger partial charge is 0.481 e. The monoisotopic (exact) mass is 646 g/mol. The lowest BCUT2D eigenvalue weighted by molar-refractivity contribution is -0.141. The first kappa shape index (κ1) is 33.3. The van der Waals surface area contributed by atoms with Gasteiger partial charge in [0.05, 0.1) is 20.8 Å². The van der Waals surface area contributed by atoms with Gasteiger partial charge in [0.2, 0.25) is 0 Å². The fraction of sp³-hybridized carbons (Fsp3) is 0.576. The van der Waals surface area contributed by atoms with Crippen molar-refractivity contribution in [2.24, 2.45) is 11.3 Å². The molecule has 0 bridgehead atoms. The van der Waals surface area contributed by atoms with E-state index in [1.807, 2.05) is 0 Å². The fourth-order valence-electron chi connectivity index (χ4n) is 7.08. The Morgan fingerprint density at radius 1 is 1.09 bits per heavy atom. The Bertz CT molecular complexity index is 1530. The highest BCUT2D eigenvalue weighted by Gasteiger charge is 2.50. The Balaban J connectivity index is 0.000000256. The summed E-state index contributed by atoms with van der Waals surface area (Å²) in [4.78, 5) is 33.6. The molecule has 3 aromatic rings. The number of likely N-dealkylation sites (tertiary alicyclic amines) is 1. The van der Waals surface area contributed by atoms with Gasteiger partial charge < -0.3 is 20.4 Å². The molecule has 0 unspecified atom stereocenters. The van der Waals surface area contributed by atoms with E-state index in [4.69, 9.17) is 10.1 Å². The first-order valence-electron chi connectivity index (χ1n) is 15.6. The topological polar surface area (TPSA) is 116 Å². The number of halogens is 3. The van der Waals surface area contributed by atoms with Gasteiger partial charge in [0.15, 0.2) is 0 Å². The SMILES string of the molecule is CC(C)(O)c1cc2nc(C3CCCCC3)sc2cc1NC(=O)c1cccc(C(F)(F)F)n1.CN1CC2(CC(CCC(=O)O)C2)C1. The molecule has 3 aliphatic rings. The van der Waals surface area contributed by atoms with E-state index in [2.05, 4.69) is 22.2 Å². The van der Waals surface area contributed by atoms with Crippen LogP contribution in [0.5, 0.6) is 0 Å². The minimum atomic E-state index is -4.65. The molecule has 244 valence electrons. The number of carboxylic acids is 1. The van der Waals surface area contributed by atoms with Gasteiger partial charge in [-0.3, -0.25) is 9.59 Å². The lowest BCUT2D eigenvalue weighted by atomic mass is 9.57. The number of anilines is 1. The molecule has 2 saturated carbocycles. The molecule has 1 aromatic carbocycles. The van der Waals surface area contributed by atoms with Crippen LogP contribution in [-0.4, -0.2) is 57.1 Å². The van der Waals surface area contributed by atoms with Crippen molar-refractivity contribution in [3.63, 3.8) is 0 Å². The standard InChI is InChI=1S/C23H24F3N3O2S.C10H17NO2/c1-22(2,31)14-11-17-18(32-21(29-17)13-7-4-3-5-8-13)12-16(14)28-20(30)15-9-6-10-19(27-15)23(24,25)26;1-11-6-10(7-11)4-8(5-10)2-3-9(12)13/h6,9-13,31H,3-5,7-8H2,1-2H3,(H,28,30);8H,2-7H2,1H3,(H,12,13). The first-order valence-corrected chi connectivity index (χ1v) is 16.4. The van der Waals surface area contributed by atoms with Gasteiger partial charge in [-0.25, -0.2) is 9.97 Å². The number of carbonyl (C=O) groups is 2. The molecule has 1 spiro atoms. The van der Waals surface area contributed by atoms with Crippen molar-refractivity contribution in [3.05, 3.63) is 52.3 Å². The van der Waals surface area contributed by atoms with Gasteiger partial charge in [-0.15, -0.1) is 11.3 Å². The number of carbonyl (C=O) groups excluding carboxylic acids is 1. The van der Waals surface area contributed by atoms with E-state index in [1.165, 1.54) is 51.3 Å². The normalized spacial score (nSPS) is 19.0. The molecule has 1 saturated heterocycles. The molecule has 3 heterocycles. The van der Waals surface area contributed by atoms with Crippen LogP contribution in [0, 0.1) is 11.3 Å². The minimum Gasteiger partial charge on any atom is -0.481 e. The van der Waals surface area contributed by atoms with Gasteiger partial charge in [-0.1, -0.05) is 25.3 Å². The van der Waals surface area contributed by atoms with Crippen molar-refractivity contribution >= 4 is 39.1 Å². The highest BCUT2D eigenvalue weighted by atomic mass is 32.1. The van der Waals surface area contributed by atoms with E-state index in [1.54, 1.807) is 37.3 Å². The van der Waals surface area contributed by atoms with E-state index >= 15 is 0 Å². The molecule has 0 atom stereocenters. The fourth-order valence-corrected chi connectivity index (χ4v) is 8.24. The molecule has 2 aliphatic carbocycles. The van der Waals surface area contributed by atoms with Crippen molar-refractivity contribution in [1.82, 2.24) is 14.9 Å². The highest BCUT2D eigenvalue weighted by molar-refractivity contribution is 7.18. The Kier molecular flexibility index (Phi) is 9.58. The summed E-state index contributed by atoms with van der Waals surface area (Å²) in [6.07, 6.45) is 4.94. The number of aliphatic carboxylic acids is 1. The van der Waals surface area contributed by atoms with E-state index < -0.39 is 29.3 Å². The number of amides is 1. The molecule has 8 nitrogen and oxygen atoms in total. The van der Waals surface area contributed by atoms with Crippen molar-refractivity contribution in [1.29, 1.82) is 0 Å². The number of thiazole rings is 1. The number of pyridine rings is 1. The number of hydrogen-bond donors (Lipinski definition) is 3. The van der Waals surface area contributed by atoms with Crippen molar-refractivity contribution < 1.29 is 33.0 Å². The zero-order chi connectivity index (χ0) is 32.6. The van der Waals surface area contributed by atoms with Crippen LogP contribution in [0.25, 0.3) is 10.2 Å².